The van der Waals surface area contributed by atoms with Crippen molar-refractivity contribution >= 4 is 0 Å². The van der Waals surface area contributed by atoms with Crippen LogP contribution in [0, 0.1) is 5.82 Å². The maximum atomic E-state index is 14.1. The first kappa shape index (κ1) is 20.1. The lowest BCUT2D eigenvalue weighted by Gasteiger charge is -2.10. The van der Waals surface area contributed by atoms with E-state index < -0.39 is 17.6 Å². The van der Waals surface area contributed by atoms with Crippen molar-refractivity contribution in [3.05, 3.63) is 94.8 Å². The minimum absolute atomic E-state index is 0.172. The molecule has 4 heteroatoms. The molecule has 28 heavy (non-hydrogen) atoms. The number of hydrogen-bond acceptors (Lipinski definition) is 0. The van der Waals surface area contributed by atoms with E-state index in [2.05, 4.69) is 31.2 Å². The average Bonchev–Trinajstić information content (AvgIpc) is 2.67. The molecule has 146 valence electrons. The molecule has 0 nitrogen and oxygen atoms in total. The van der Waals surface area contributed by atoms with Crippen LogP contribution in [-0.4, -0.2) is 0 Å². The highest BCUT2D eigenvalue weighted by atomic mass is 19.4. The summed E-state index contributed by atoms with van der Waals surface area (Å²) in [5, 5.41) is 0. The number of benzene rings is 3. The fraction of sp³-hybridized carbons (Fsp3) is 0.250. The Labute approximate surface area is 162 Å². The topological polar surface area (TPSA) is 0 Å². The summed E-state index contributed by atoms with van der Waals surface area (Å²) in [7, 11) is 0. The van der Waals surface area contributed by atoms with Crippen LogP contribution in [0.4, 0.5) is 17.6 Å². The molecule has 0 bridgehead atoms. The van der Waals surface area contributed by atoms with Gasteiger partial charge in [-0.15, -0.1) is 0 Å². The zero-order chi connectivity index (χ0) is 20.1. The Bertz CT molecular complexity index is 907. The predicted molar refractivity (Wildman–Crippen MR) is 105 cm³/mol. The van der Waals surface area contributed by atoms with Crippen molar-refractivity contribution in [2.75, 3.05) is 0 Å². The van der Waals surface area contributed by atoms with Gasteiger partial charge in [-0.1, -0.05) is 67.9 Å². The van der Waals surface area contributed by atoms with Gasteiger partial charge in [-0.05, 0) is 53.6 Å². The van der Waals surface area contributed by atoms with Crippen LogP contribution < -0.4 is 0 Å². The van der Waals surface area contributed by atoms with Gasteiger partial charge in [0.1, 0.15) is 5.82 Å². The second-order valence-electron chi connectivity index (χ2n) is 6.96. The molecule has 0 atom stereocenters. The first-order valence-electron chi connectivity index (χ1n) is 9.40. The summed E-state index contributed by atoms with van der Waals surface area (Å²) in [5.74, 6) is -0.866. The van der Waals surface area contributed by atoms with E-state index in [-0.39, 0.29) is 5.56 Å². The van der Waals surface area contributed by atoms with Crippen LogP contribution in [0.15, 0.2) is 66.7 Å². The van der Waals surface area contributed by atoms with Crippen LogP contribution in [0.5, 0.6) is 0 Å². The number of hydrogen-bond donors (Lipinski definition) is 0. The smallest absolute Gasteiger partial charge is 0.206 e. The predicted octanol–water partition coefficient (Wildman–Crippen LogP) is 7.25. The van der Waals surface area contributed by atoms with E-state index in [9.17, 15) is 17.6 Å². The number of halogens is 4. The molecule has 0 fully saturated rings. The molecular weight excluding hydrogens is 364 g/mol. The molecule has 3 aromatic rings. The molecule has 0 aliphatic rings. The van der Waals surface area contributed by atoms with Crippen LogP contribution >= 0.6 is 0 Å². The quantitative estimate of drug-likeness (QED) is 0.391. The van der Waals surface area contributed by atoms with Gasteiger partial charge in [-0.3, -0.25) is 0 Å². The lowest BCUT2D eigenvalue weighted by atomic mass is 9.98. The van der Waals surface area contributed by atoms with Crippen molar-refractivity contribution in [2.45, 2.75) is 38.8 Å². The van der Waals surface area contributed by atoms with Gasteiger partial charge in [0.15, 0.2) is 0 Å². The van der Waals surface area contributed by atoms with E-state index in [1.54, 1.807) is 12.1 Å². The molecule has 3 rings (SSSR count). The van der Waals surface area contributed by atoms with Gasteiger partial charge in [0.2, 0.25) is 0 Å². The monoisotopic (exact) mass is 386 g/mol. The Morgan fingerprint density at radius 1 is 0.679 bits per heavy atom. The Hall–Kier alpha value is -2.62. The van der Waals surface area contributed by atoms with Crippen LogP contribution in [0.2, 0.25) is 0 Å². The van der Waals surface area contributed by atoms with Gasteiger partial charge < -0.3 is 0 Å². The first-order chi connectivity index (χ1) is 13.4. The van der Waals surface area contributed by atoms with Gasteiger partial charge in [-0.25, -0.2) is 4.39 Å². The zero-order valence-electron chi connectivity index (χ0n) is 15.7. The van der Waals surface area contributed by atoms with E-state index >= 15 is 0 Å². The molecule has 0 aromatic heterocycles. The maximum absolute atomic E-state index is 14.1. The summed E-state index contributed by atoms with van der Waals surface area (Å²) < 4.78 is 52.1. The van der Waals surface area contributed by atoms with Crippen molar-refractivity contribution in [1.29, 1.82) is 0 Å². The van der Waals surface area contributed by atoms with Crippen molar-refractivity contribution in [1.82, 2.24) is 0 Å². The maximum Gasteiger partial charge on any atom is 0.416 e. The van der Waals surface area contributed by atoms with Gasteiger partial charge >= 0.3 is 6.18 Å². The molecule has 0 aliphatic heterocycles. The third kappa shape index (κ3) is 5.00. The van der Waals surface area contributed by atoms with E-state index in [0.29, 0.717) is 11.6 Å². The minimum Gasteiger partial charge on any atom is -0.206 e. The average molecular weight is 386 g/mol. The van der Waals surface area contributed by atoms with Crippen LogP contribution in [0.25, 0.3) is 11.1 Å². The van der Waals surface area contributed by atoms with Crippen LogP contribution in [0.3, 0.4) is 0 Å². The Morgan fingerprint density at radius 2 is 1.18 bits per heavy atom. The summed E-state index contributed by atoms with van der Waals surface area (Å²) in [6.45, 7) is 2.16. The molecule has 0 aliphatic carbocycles. The largest absolute Gasteiger partial charge is 0.416 e. The minimum atomic E-state index is -4.54. The summed E-state index contributed by atoms with van der Waals surface area (Å²) in [5.41, 5.74) is 3.47. The van der Waals surface area contributed by atoms with Gasteiger partial charge in [-0.2, -0.15) is 13.2 Å². The fourth-order valence-electron chi connectivity index (χ4n) is 3.23. The highest BCUT2D eigenvalue weighted by Crippen LogP contribution is 2.32. The Morgan fingerprint density at radius 3 is 1.64 bits per heavy atom. The second kappa shape index (κ2) is 8.59. The zero-order valence-corrected chi connectivity index (χ0v) is 15.7. The molecule has 0 amide bonds. The summed E-state index contributed by atoms with van der Waals surface area (Å²) in [6.07, 6.45) is -0.575. The number of aryl methyl sites for hydroxylation is 3. The molecule has 0 unspecified atom stereocenters. The van der Waals surface area contributed by atoms with Gasteiger partial charge in [0, 0.05) is 5.56 Å². The normalized spacial score (nSPS) is 11.6. The van der Waals surface area contributed by atoms with Crippen molar-refractivity contribution in [2.24, 2.45) is 0 Å². The van der Waals surface area contributed by atoms with Gasteiger partial charge in [0.25, 0.3) is 0 Å². The standard InChI is InChI=1S/C24H22F4/c1-2-3-17-4-6-18(7-5-17)8-9-19-10-12-20(13-11-19)22-15-14-21(16-23(22)25)24(26,27)28/h4-7,10-16H,2-3,8-9H2,1H3. The van der Waals surface area contributed by atoms with E-state index in [4.69, 9.17) is 0 Å². The third-order valence-electron chi connectivity index (χ3n) is 4.83. The molecule has 0 heterocycles. The highest BCUT2D eigenvalue weighted by molar-refractivity contribution is 5.65. The fourth-order valence-corrected chi connectivity index (χ4v) is 3.23. The number of alkyl halides is 3. The van der Waals surface area contributed by atoms with Gasteiger partial charge in [0.05, 0.1) is 5.56 Å². The Kier molecular flexibility index (Phi) is 6.18. The summed E-state index contributed by atoms with van der Waals surface area (Å²) in [6, 6.07) is 18.6. The summed E-state index contributed by atoms with van der Waals surface area (Å²) in [4.78, 5) is 0. The van der Waals surface area contributed by atoms with Crippen molar-refractivity contribution in [3.8, 4) is 11.1 Å². The van der Waals surface area contributed by atoms with Crippen molar-refractivity contribution in [3.63, 3.8) is 0 Å². The molecule has 0 radical (unpaired) electrons. The summed E-state index contributed by atoms with van der Waals surface area (Å²) >= 11 is 0. The highest BCUT2D eigenvalue weighted by Gasteiger charge is 2.31. The lowest BCUT2D eigenvalue weighted by molar-refractivity contribution is -0.137. The van der Waals surface area contributed by atoms with E-state index in [0.717, 1.165) is 37.3 Å². The molecular formula is C24H22F4. The lowest BCUT2D eigenvalue weighted by Crippen LogP contribution is -2.05. The molecule has 0 spiro atoms. The molecule has 0 saturated heterocycles. The Balaban J connectivity index is 1.66. The molecule has 3 aromatic carbocycles. The first-order valence-corrected chi connectivity index (χ1v) is 9.40. The third-order valence-corrected chi connectivity index (χ3v) is 4.83. The molecule has 0 saturated carbocycles. The van der Waals surface area contributed by atoms with Crippen LogP contribution in [0.1, 0.15) is 35.6 Å². The van der Waals surface area contributed by atoms with Crippen molar-refractivity contribution < 1.29 is 17.6 Å². The van der Waals surface area contributed by atoms with E-state index in [1.807, 2.05) is 12.1 Å². The number of rotatable bonds is 6. The van der Waals surface area contributed by atoms with E-state index in [1.165, 1.54) is 17.2 Å². The SMILES string of the molecule is CCCc1ccc(CCc2ccc(-c3ccc(C(F)(F)F)cc3F)cc2)cc1. The molecule has 0 N–H and O–H groups in total. The second-order valence-corrected chi connectivity index (χ2v) is 6.96. The van der Waals surface area contributed by atoms with Crippen LogP contribution in [-0.2, 0) is 25.4 Å².